The molecule has 148 valence electrons. The summed E-state index contributed by atoms with van der Waals surface area (Å²) in [7, 11) is -4.23. The molecule has 0 unspecified atom stereocenters. The molecule has 0 radical (unpaired) electrons. The molecule has 0 amide bonds. The third-order valence-corrected chi connectivity index (χ3v) is 5.48. The lowest BCUT2D eigenvalue weighted by molar-refractivity contribution is -0.385. The molecule has 0 fully saturated rings. The van der Waals surface area contributed by atoms with Gasteiger partial charge in [-0.1, -0.05) is 0 Å². The molecule has 3 rings (SSSR count). The number of ketones is 1. The molecule has 0 atom stereocenters. The van der Waals surface area contributed by atoms with E-state index in [4.69, 9.17) is 4.18 Å². The van der Waals surface area contributed by atoms with Gasteiger partial charge in [0.2, 0.25) is 0 Å². The summed E-state index contributed by atoms with van der Waals surface area (Å²) in [6.07, 6.45) is 0. The number of aryl methyl sites for hydroxylation is 1. The Balaban J connectivity index is 1.81. The Morgan fingerprint density at radius 3 is 2.03 bits per heavy atom. The van der Waals surface area contributed by atoms with E-state index < -0.39 is 20.9 Å². The van der Waals surface area contributed by atoms with Crippen LogP contribution in [0.4, 0.5) is 10.1 Å². The Morgan fingerprint density at radius 1 is 0.966 bits per heavy atom. The number of rotatable bonds is 6. The van der Waals surface area contributed by atoms with E-state index in [0.29, 0.717) is 0 Å². The molecule has 9 heteroatoms. The van der Waals surface area contributed by atoms with Gasteiger partial charge in [0.1, 0.15) is 16.5 Å². The van der Waals surface area contributed by atoms with Crippen LogP contribution in [0.2, 0.25) is 0 Å². The second-order valence-electron chi connectivity index (χ2n) is 6.10. The maximum absolute atomic E-state index is 13.0. The quantitative estimate of drug-likeness (QED) is 0.260. The highest BCUT2D eigenvalue weighted by molar-refractivity contribution is 7.87. The van der Waals surface area contributed by atoms with E-state index in [0.717, 1.165) is 18.2 Å². The molecule has 0 N–H and O–H groups in total. The summed E-state index contributed by atoms with van der Waals surface area (Å²) < 4.78 is 43.0. The number of halogens is 1. The normalized spacial score (nSPS) is 11.1. The van der Waals surface area contributed by atoms with Crippen LogP contribution in [0.25, 0.3) is 0 Å². The van der Waals surface area contributed by atoms with Crippen molar-refractivity contribution < 1.29 is 26.7 Å². The van der Waals surface area contributed by atoms with Gasteiger partial charge in [-0.25, -0.2) is 4.39 Å². The maximum Gasteiger partial charge on any atom is 0.339 e. The van der Waals surface area contributed by atoms with E-state index in [-0.39, 0.29) is 38.8 Å². The largest absolute Gasteiger partial charge is 0.379 e. The summed E-state index contributed by atoms with van der Waals surface area (Å²) in [5.74, 6) is -0.846. The molecule has 7 nitrogen and oxygen atoms in total. The molecule has 0 saturated heterocycles. The van der Waals surface area contributed by atoms with Gasteiger partial charge in [0.15, 0.2) is 5.78 Å². The van der Waals surface area contributed by atoms with Gasteiger partial charge in [-0.3, -0.25) is 14.9 Å². The molecule has 0 aliphatic rings. The fourth-order valence-corrected chi connectivity index (χ4v) is 3.77. The highest BCUT2D eigenvalue weighted by Crippen LogP contribution is 2.25. The molecular weight excluding hydrogens is 401 g/mol. The standard InChI is InChI=1S/C20H14FNO6S/c1-13-12-17(22(24)25)8-11-19(13)29(26,27)28-18-9-4-15(5-10-18)20(23)14-2-6-16(21)7-3-14/h2-12H,1H3. The number of nitrogens with zero attached hydrogens (tertiary/aromatic N) is 1. The zero-order chi connectivity index (χ0) is 21.2. The number of hydrogen-bond donors (Lipinski definition) is 0. The summed E-state index contributed by atoms with van der Waals surface area (Å²) >= 11 is 0. The Bertz CT molecular complexity index is 1190. The SMILES string of the molecule is Cc1cc([N+](=O)[O-])ccc1S(=O)(=O)Oc1ccc(C(=O)c2ccc(F)cc2)cc1. The van der Waals surface area contributed by atoms with Crippen molar-refractivity contribution in [2.24, 2.45) is 0 Å². The number of carbonyl (C=O) groups excluding carboxylic acids is 1. The molecular formula is C20H14FNO6S. The van der Waals surface area contributed by atoms with E-state index in [2.05, 4.69) is 0 Å². The number of nitro groups is 1. The average Bonchev–Trinajstić information content (AvgIpc) is 2.68. The van der Waals surface area contributed by atoms with Crippen LogP contribution in [0.3, 0.4) is 0 Å². The first-order valence-corrected chi connectivity index (χ1v) is 9.68. The van der Waals surface area contributed by atoms with Gasteiger partial charge in [-0.2, -0.15) is 8.42 Å². The number of carbonyl (C=O) groups is 1. The van der Waals surface area contributed by atoms with Crippen LogP contribution in [-0.2, 0) is 10.1 Å². The minimum Gasteiger partial charge on any atom is -0.379 e. The fourth-order valence-electron chi connectivity index (χ4n) is 2.63. The van der Waals surface area contributed by atoms with Crippen molar-refractivity contribution in [2.75, 3.05) is 0 Å². The lowest BCUT2D eigenvalue weighted by Crippen LogP contribution is -2.11. The monoisotopic (exact) mass is 415 g/mol. The van der Waals surface area contributed by atoms with Crippen molar-refractivity contribution in [1.82, 2.24) is 0 Å². The van der Waals surface area contributed by atoms with Crippen LogP contribution < -0.4 is 4.18 Å². The topological polar surface area (TPSA) is 104 Å². The molecule has 29 heavy (non-hydrogen) atoms. The molecule has 0 saturated carbocycles. The van der Waals surface area contributed by atoms with Crippen LogP contribution in [0.5, 0.6) is 5.75 Å². The smallest absolute Gasteiger partial charge is 0.339 e. The zero-order valence-electron chi connectivity index (χ0n) is 15.0. The van der Waals surface area contributed by atoms with Crippen LogP contribution in [0, 0.1) is 22.9 Å². The van der Waals surface area contributed by atoms with Gasteiger partial charge in [-0.15, -0.1) is 0 Å². The van der Waals surface area contributed by atoms with Gasteiger partial charge in [-0.05, 0) is 67.1 Å². The van der Waals surface area contributed by atoms with Crippen LogP contribution in [-0.4, -0.2) is 19.1 Å². The minimum absolute atomic E-state index is 0.0293. The summed E-state index contributed by atoms with van der Waals surface area (Å²) in [6, 6.07) is 13.8. The van der Waals surface area contributed by atoms with Gasteiger partial charge >= 0.3 is 10.1 Å². The van der Waals surface area contributed by atoms with Gasteiger partial charge in [0.05, 0.1) is 4.92 Å². The highest BCUT2D eigenvalue weighted by atomic mass is 32.2. The summed E-state index contributed by atoms with van der Waals surface area (Å²) in [6.45, 7) is 1.42. The van der Waals surface area contributed by atoms with E-state index in [1.807, 2.05) is 0 Å². The molecule has 3 aromatic carbocycles. The van der Waals surface area contributed by atoms with Crippen molar-refractivity contribution in [1.29, 1.82) is 0 Å². The van der Waals surface area contributed by atoms with Crippen molar-refractivity contribution in [3.63, 3.8) is 0 Å². The summed E-state index contributed by atoms with van der Waals surface area (Å²) in [4.78, 5) is 22.3. The lowest BCUT2D eigenvalue weighted by Gasteiger charge is -2.10. The Morgan fingerprint density at radius 2 is 1.52 bits per heavy atom. The Labute approximate surface area is 165 Å². The van der Waals surface area contributed by atoms with Crippen molar-refractivity contribution >= 4 is 21.6 Å². The molecule has 0 aliphatic heterocycles. The highest BCUT2D eigenvalue weighted by Gasteiger charge is 2.22. The van der Waals surface area contributed by atoms with E-state index in [9.17, 15) is 27.7 Å². The predicted octanol–water partition coefficient (Wildman–Crippen LogP) is 4.04. The maximum atomic E-state index is 13.0. The molecule has 0 bridgehead atoms. The minimum atomic E-state index is -4.23. The first kappa shape index (κ1) is 20.2. The molecule has 0 aromatic heterocycles. The third-order valence-electron chi connectivity index (χ3n) is 4.07. The average molecular weight is 415 g/mol. The van der Waals surface area contributed by atoms with Gasteiger partial charge in [0.25, 0.3) is 5.69 Å². The third kappa shape index (κ3) is 4.46. The Kier molecular flexibility index (Phi) is 5.42. The van der Waals surface area contributed by atoms with Crippen molar-refractivity contribution in [3.05, 3.63) is 99.4 Å². The summed E-state index contributed by atoms with van der Waals surface area (Å²) in [5.41, 5.74) is 0.495. The Hall–Kier alpha value is -3.59. The molecule has 0 spiro atoms. The molecule has 3 aromatic rings. The molecule has 0 heterocycles. The number of hydrogen-bond acceptors (Lipinski definition) is 6. The fraction of sp³-hybridized carbons (Fsp3) is 0.0500. The predicted molar refractivity (Wildman–Crippen MR) is 102 cm³/mol. The number of non-ortho nitro benzene ring substituents is 1. The first-order chi connectivity index (χ1) is 13.7. The van der Waals surface area contributed by atoms with Crippen molar-refractivity contribution in [3.8, 4) is 5.75 Å². The molecule has 0 aliphatic carbocycles. The van der Waals surface area contributed by atoms with Gasteiger partial charge < -0.3 is 4.18 Å². The first-order valence-electron chi connectivity index (χ1n) is 8.27. The lowest BCUT2D eigenvalue weighted by atomic mass is 10.0. The zero-order valence-corrected chi connectivity index (χ0v) is 15.9. The van der Waals surface area contributed by atoms with Crippen LogP contribution >= 0.6 is 0 Å². The van der Waals surface area contributed by atoms with Crippen LogP contribution in [0.15, 0.2) is 71.6 Å². The summed E-state index contributed by atoms with van der Waals surface area (Å²) in [5, 5.41) is 10.8. The second kappa shape index (κ2) is 7.80. The second-order valence-corrected chi connectivity index (χ2v) is 7.62. The van der Waals surface area contributed by atoms with E-state index in [1.54, 1.807) is 0 Å². The van der Waals surface area contributed by atoms with Gasteiger partial charge in [0, 0.05) is 23.3 Å². The number of nitro benzene ring substituents is 1. The van der Waals surface area contributed by atoms with Crippen LogP contribution in [0.1, 0.15) is 21.5 Å². The van der Waals surface area contributed by atoms with E-state index >= 15 is 0 Å². The van der Waals surface area contributed by atoms with E-state index in [1.165, 1.54) is 55.5 Å². The van der Waals surface area contributed by atoms with Crippen molar-refractivity contribution in [2.45, 2.75) is 11.8 Å². The number of benzene rings is 3.